The van der Waals surface area contributed by atoms with Gasteiger partial charge in [0.1, 0.15) is 16.5 Å². The van der Waals surface area contributed by atoms with E-state index < -0.39 is 0 Å². The van der Waals surface area contributed by atoms with Crippen LogP contribution in [0.3, 0.4) is 0 Å². The van der Waals surface area contributed by atoms with Crippen molar-refractivity contribution in [3.8, 4) is 11.5 Å². The van der Waals surface area contributed by atoms with Gasteiger partial charge in [-0.3, -0.25) is 0 Å². The van der Waals surface area contributed by atoms with Crippen molar-refractivity contribution in [1.82, 2.24) is 0 Å². The van der Waals surface area contributed by atoms with Gasteiger partial charge in [0.05, 0.1) is 12.2 Å². The molecule has 98 valence electrons. The van der Waals surface area contributed by atoms with Gasteiger partial charge in [0.15, 0.2) is 0 Å². The largest absolute Gasteiger partial charge is 0.456 e. The van der Waals surface area contributed by atoms with E-state index in [1.165, 1.54) is 0 Å². The highest BCUT2D eigenvalue weighted by atomic mass is 32.1. The number of rotatable bonds is 4. The summed E-state index contributed by atoms with van der Waals surface area (Å²) in [5.74, 6) is 1.21. The van der Waals surface area contributed by atoms with Crippen LogP contribution < -0.4 is 10.5 Å². The number of aliphatic hydroxyl groups is 1. The quantitative estimate of drug-likeness (QED) is 0.841. The van der Waals surface area contributed by atoms with Crippen molar-refractivity contribution in [1.29, 1.82) is 0 Å². The number of para-hydroxylation sites is 1. The van der Waals surface area contributed by atoms with E-state index in [0.29, 0.717) is 17.1 Å². The Labute approximate surface area is 117 Å². The van der Waals surface area contributed by atoms with Crippen LogP contribution in [0.2, 0.25) is 0 Å². The molecule has 0 aliphatic carbocycles. The molecule has 19 heavy (non-hydrogen) atoms. The molecule has 0 saturated carbocycles. The van der Waals surface area contributed by atoms with Gasteiger partial charge in [-0.2, -0.15) is 0 Å². The fourth-order valence-electron chi connectivity index (χ4n) is 1.77. The number of hydrogen-bond donors (Lipinski definition) is 2. The molecule has 4 heteroatoms. The lowest BCUT2D eigenvalue weighted by atomic mass is 10.1. The summed E-state index contributed by atoms with van der Waals surface area (Å²) in [5, 5.41) is 9.30. The minimum atomic E-state index is -0.0790. The summed E-state index contributed by atoms with van der Waals surface area (Å²) >= 11 is 5.02. The molecule has 0 amide bonds. The molecule has 2 aromatic rings. The van der Waals surface area contributed by atoms with Gasteiger partial charge in [0, 0.05) is 5.56 Å². The molecule has 2 aromatic carbocycles. The van der Waals surface area contributed by atoms with Crippen LogP contribution in [0, 0.1) is 6.92 Å². The van der Waals surface area contributed by atoms with E-state index in [0.717, 1.165) is 11.1 Å². The highest BCUT2D eigenvalue weighted by molar-refractivity contribution is 7.80. The lowest BCUT2D eigenvalue weighted by molar-refractivity contribution is 0.276. The van der Waals surface area contributed by atoms with Gasteiger partial charge < -0.3 is 15.6 Å². The number of thiocarbonyl (C=S) groups is 1. The molecule has 2 rings (SSSR count). The monoisotopic (exact) mass is 273 g/mol. The molecule has 3 nitrogen and oxygen atoms in total. The zero-order valence-corrected chi connectivity index (χ0v) is 11.4. The lowest BCUT2D eigenvalue weighted by Crippen LogP contribution is -2.11. The average molecular weight is 273 g/mol. The summed E-state index contributed by atoms with van der Waals surface area (Å²) < 4.78 is 5.85. The van der Waals surface area contributed by atoms with Crippen LogP contribution in [0.25, 0.3) is 0 Å². The maximum atomic E-state index is 9.30. The maximum absolute atomic E-state index is 9.30. The van der Waals surface area contributed by atoms with E-state index in [1.54, 1.807) is 6.07 Å². The highest BCUT2D eigenvalue weighted by Crippen LogP contribution is 2.29. The van der Waals surface area contributed by atoms with Gasteiger partial charge in [0.25, 0.3) is 0 Å². The van der Waals surface area contributed by atoms with E-state index >= 15 is 0 Å². The van der Waals surface area contributed by atoms with Crippen LogP contribution in [0.4, 0.5) is 0 Å². The molecule has 0 saturated heterocycles. The van der Waals surface area contributed by atoms with Crippen molar-refractivity contribution in [2.24, 2.45) is 5.73 Å². The summed E-state index contributed by atoms with van der Waals surface area (Å²) in [4.78, 5) is 0.288. The van der Waals surface area contributed by atoms with Gasteiger partial charge in [-0.05, 0) is 30.7 Å². The molecule has 3 N–H and O–H groups in total. The smallest absolute Gasteiger partial charge is 0.137 e. The molecular formula is C15H15NO2S. The zero-order chi connectivity index (χ0) is 13.8. The molecule has 0 atom stereocenters. The Morgan fingerprint density at radius 3 is 2.63 bits per heavy atom. The fraction of sp³-hybridized carbons (Fsp3) is 0.133. The Kier molecular flexibility index (Phi) is 4.14. The number of aliphatic hydroxyl groups excluding tert-OH is 1. The Hall–Kier alpha value is -1.91. The number of benzene rings is 2. The predicted molar refractivity (Wildman–Crippen MR) is 79.5 cm³/mol. The number of nitrogens with two attached hydrogens (primary N) is 1. The van der Waals surface area contributed by atoms with Crippen molar-refractivity contribution in [3.63, 3.8) is 0 Å². The first kappa shape index (κ1) is 13.5. The molecule has 0 bridgehead atoms. The zero-order valence-electron chi connectivity index (χ0n) is 10.6. The molecule has 0 fully saturated rings. The van der Waals surface area contributed by atoms with E-state index in [4.69, 9.17) is 22.7 Å². The van der Waals surface area contributed by atoms with E-state index in [-0.39, 0.29) is 11.6 Å². The van der Waals surface area contributed by atoms with Crippen LogP contribution in [0.1, 0.15) is 16.7 Å². The van der Waals surface area contributed by atoms with E-state index in [1.807, 2.05) is 43.3 Å². The van der Waals surface area contributed by atoms with Crippen LogP contribution in [0.15, 0.2) is 42.5 Å². The molecule has 0 spiro atoms. The summed E-state index contributed by atoms with van der Waals surface area (Å²) in [6.07, 6.45) is 0. The van der Waals surface area contributed by atoms with E-state index in [9.17, 15) is 5.11 Å². The molecule has 0 aliphatic heterocycles. The van der Waals surface area contributed by atoms with Crippen molar-refractivity contribution in [2.75, 3.05) is 0 Å². The topological polar surface area (TPSA) is 55.5 Å². The third-order valence-corrected chi connectivity index (χ3v) is 2.99. The fourth-order valence-corrected chi connectivity index (χ4v) is 1.94. The van der Waals surface area contributed by atoms with Crippen LogP contribution in [-0.2, 0) is 6.61 Å². The third-order valence-electron chi connectivity index (χ3n) is 2.77. The second kappa shape index (κ2) is 5.82. The van der Waals surface area contributed by atoms with E-state index in [2.05, 4.69) is 0 Å². The predicted octanol–water partition coefficient (Wildman–Crippen LogP) is 2.91. The average Bonchev–Trinajstić information content (AvgIpc) is 2.39. The normalized spacial score (nSPS) is 10.2. The number of hydrogen-bond acceptors (Lipinski definition) is 3. The van der Waals surface area contributed by atoms with Gasteiger partial charge in [-0.15, -0.1) is 0 Å². The Balaban J connectivity index is 2.42. The number of ether oxygens (including phenoxy) is 1. The Morgan fingerprint density at radius 1 is 1.21 bits per heavy atom. The first-order chi connectivity index (χ1) is 9.11. The molecule has 0 aromatic heterocycles. The summed E-state index contributed by atoms with van der Waals surface area (Å²) in [6.45, 7) is 1.89. The molecule has 0 heterocycles. The van der Waals surface area contributed by atoms with Crippen molar-refractivity contribution in [2.45, 2.75) is 13.5 Å². The molecule has 0 aliphatic rings. The lowest BCUT2D eigenvalue weighted by Gasteiger charge is -2.13. The van der Waals surface area contributed by atoms with Crippen LogP contribution in [0.5, 0.6) is 11.5 Å². The highest BCUT2D eigenvalue weighted by Gasteiger charge is 2.10. The molecule has 0 radical (unpaired) electrons. The molecule has 0 unspecified atom stereocenters. The summed E-state index contributed by atoms with van der Waals surface area (Å²) in [7, 11) is 0. The Bertz CT molecular complexity index is 611. The Morgan fingerprint density at radius 2 is 1.95 bits per heavy atom. The van der Waals surface area contributed by atoms with Crippen molar-refractivity contribution in [3.05, 3.63) is 59.2 Å². The molecular weight excluding hydrogens is 258 g/mol. The minimum absolute atomic E-state index is 0.0790. The maximum Gasteiger partial charge on any atom is 0.137 e. The standard InChI is InChI=1S/C15H15NO2S/c1-10-6-7-12(15(16)19)14(8-10)18-13-5-3-2-4-11(13)9-17/h2-8,17H,9H2,1H3,(H2,16,19). The summed E-state index contributed by atoms with van der Waals surface area (Å²) in [6, 6.07) is 13.0. The van der Waals surface area contributed by atoms with Gasteiger partial charge in [0.2, 0.25) is 0 Å². The second-order valence-electron chi connectivity index (χ2n) is 4.23. The number of aryl methyl sites for hydroxylation is 1. The second-order valence-corrected chi connectivity index (χ2v) is 4.67. The van der Waals surface area contributed by atoms with Gasteiger partial charge in [-0.25, -0.2) is 0 Å². The summed E-state index contributed by atoms with van der Waals surface area (Å²) in [5.41, 5.74) is 8.15. The van der Waals surface area contributed by atoms with Gasteiger partial charge >= 0.3 is 0 Å². The first-order valence-corrected chi connectivity index (χ1v) is 6.29. The SMILES string of the molecule is Cc1ccc(C(N)=S)c(Oc2ccccc2CO)c1. The van der Waals surface area contributed by atoms with Crippen LogP contribution >= 0.6 is 12.2 Å². The third kappa shape index (κ3) is 3.10. The van der Waals surface area contributed by atoms with Crippen molar-refractivity contribution < 1.29 is 9.84 Å². The minimum Gasteiger partial charge on any atom is -0.456 e. The van der Waals surface area contributed by atoms with Crippen LogP contribution in [-0.4, -0.2) is 10.1 Å². The first-order valence-electron chi connectivity index (χ1n) is 5.89. The van der Waals surface area contributed by atoms with Crippen molar-refractivity contribution >= 4 is 17.2 Å². The van der Waals surface area contributed by atoms with Gasteiger partial charge in [-0.1, -0.05) is 36.5 Å².